The standard InChI is InChI=1S/C9H11Br.C8H16F2.C8H11N.C4H6O/c1-6-4-8(3)9(10)5-7(6)2;1-3-5-6-7-8(9,10)4-2;1-3-8-5-4-7(2)6-9-8;1-3-4(2)5/h4-5H,1-3H3;3-7H2,1-2H3;4-6H,3H2,1-2H3;3H,1H2,2H3. The number of aryl methyl sites for hydroxylation is 5. The number of pyridine rings is 1. The van der Waals surface area contributed by atoms with Crippen LogP contribution in [0.4, 0.5) is 8.78 Å². The number of unbranched alkanes of at least 4 members (excludes halogenated alkanes) is 2. The molecule has 2 aromatic rings. The third-order valence-electron chi connectivity index (χ3n) is 5.06. The SMILES string of the molecule is C=CC(C)=O.CCCCCC(F)(F)CC.CCc1ccc(C)cn1.Cc1cc(C)c(Br)cc1C. The number of hydrogen-bond acceptors (Lipinski definition) is 2. The molecule has 5 heteroatoms. The molecule has 192 valence electrons. The smallest absolute Gasteiger partial charge is 0.247 e. The predicted octanol–water partition coefficient (Wildman–Crippen LogP) is 9.70. The van der Waals surface area contributed by atoms with Gasteiger partial charge in [0.25, 0.3) is 0 Å². The van der Waals surface area contributed by atoms with Crippen LogP contribution in [0.2, 0.25) is 0 Å². The number of rotatable bonds is 7. The highest BCUT2D eigenvalue weighted by molar-refractivity contribution is 9.10. The van der Waals surface area contributed by atoms with Crippen molar-refractivity contribution in [1.29, 1.82) is 0 Å². The molecule has 34 heavy (non-hydrogen) atoms. The van der Waals surface area contributed by atoms with Crippen LogP contribution in [0, 0.1) is 27.7 Å². The van der Waals surface area contributed by atoms with Crippen molar-refractivity contribution in [2.75, 3.05) is 0 Å². The lowest BCUT2D eigenvalue weighted by atomic mass is 10.1. The van der Waals surface area contributed by atoms with E-state index >= 15 is 0 Å². The summed E-state index contributed by atoms with van der Waals surface area (Å²) in [6.45, 7) is 18.8. The zero-order valence-electron chi connectivity index (χ0n) is 22.4. The van der Waals surface area contributed by atoms with Crippen LogP contribution in [0.1, 0.15) is 87.7 Å². The second kappa shape index (κ2) is 19.4. The Kier molecular flexibility index (Phi) is 19.6. The predicted molar refractivity (Wildman–Crippen MR) is 147 cm³/mol. The first-order valence-electron chi connectivity index (χ1n) is 12.0. The molecule has 0 atom stereocenters. The summed E-state index contributed by atoms with van der Waals surface area (Å²) >= 11 is 3.48. The number of halogens is 3. The van der Waals surface area contributed by atoms with Crippen molar-refractivity contribution in [2.45, 2.75) is 99.8 Å². The molecular formula is C29H44BrF2NO. The summed E-state index contributed by atoms with van der Waals surface area (Å²) in [5, 5.41) is 0. The Bertz CT molecular complexity index is 783. The normalized spacial score (nSPS) is 9.97. The van der Waals surface area contributed by atoms with Gasteiger partial charge < -0.3 is 0 Å². The van der Waals surface area contributed by atoms with Gasteiger partial charge in [-0.1, -0.05) is 68.3 Å². The summed E-state index contributed by atoms with van der Waals surface area (Å²) in [5.74, 6) is -2.39. The maximum absolute atomic E-state index is 12.5. The molecule has 1 aromatic carbocycles. The fourth-order valence-electron chi connectivity index (χ4n) is 2.44. The first-order chi connectivity index (χ1) is 15.8. The van der Waals surface area contributed by atoms with Gasteiger partial charge in [0.2, 0.25) is 5.92 Å². The van der Waals surface area contributed by atoms with Crippen molar-refractivity contribution in [3.05, 3.63) is 75.5 Å². The maximum atomic E-state index is 12.5. The van der Waals surface area contributed by atoms with Crippen LogP contribution in [0.15, 0.2) is 47.6 Å². The lowest BCUT2D eigenvalue weighted by Crippen LogP contribution is -2.13. The summed E-state index contributed by atoms with van der Waals surface area (Å²) in [7, 11) is 0. The van der Waals surface area contributed by atoms with E-state index in [1.807, 2.05) is 20.0 Å². The number of carbonyl (C=O) groups excluding carboxylic acids is 1. The van der Waals surface area contributed by atoms with Crippen molar-refractivity contribution < 1.29 is 13.6 Å². The highest BCUT2D eigenvalue weighted by atomic mass is 79.9. The molecule has 0 bridgehead atoms. The van der Waals surface area contributed by atoms with Crippen LogP contribution in [0.5, 0.6) is 0 Å². The van der Waals surface area contributed by atoms with Crippen molar-refractivity contribution in [2.24, 2.45) is 0 Å². The molecule has 0 fully saturated rings. The Morgan fingerprint density at radius 2 is 1.59 bits per heavy atom. The molecule has 0 aliphatic heterocycles. The number of allylic oxidation sites excluding steroid dienone is 1. The first kappa shape index (κ1) is 34.3. The molecule has 0 saturated carbocycles. The zero-order valence-corrected chi connectivity index (χ0v) is 24.0. The number of carbonyl (C=O) groups is 1. The molecule has 0 aliphatic rings. The minimum atomic E-state index is -2.41. The van der Waals surface area contributed by atoms with Gasteiger partial charge in [-0.2, -0.15) is 0 Å². The van der Waals surface area contributed by atoms with Gasteiger partial charge in [-0.3, -0.25) is 9.78 Å². The van der Waals surface area contributed by atoms with Crippen molar-refractivity contribution in [3.8, 4) is 0 Å². The van der Waals surface area contributed by atoms with Gasteiger partial charge in [0.15, 0.2) is 5.78 Å². The van der Waals surface area contributed by atoms with E-state index in [9.17, 15) is 13.6 Å². The van der Waals surface area contributed by atoms with Gasteiger partial charge in [-0.05, 0) is 87.9 Å². The average Bonchev–Trinajstić information content (AvgIpc) is 2.80. The largest absolute Gasteiger partial charge is 0.295 e. The molecule has 0 radical (unpaired) electrons. The van der Waals surface area contributed by atoms with E-state index in [-0.39, 0.29) is 18.6 Å². The summed E-state index contributed by atoms with van der Waals surface area (Å²) in [5.41, 5.74) is 6.41. The third-order valence-corrected chi connectivity index (χ3v) is 5.91. The van der Waals surface area contributed by atoms with E-state index in [2.05, 4.69) is 79.5 Å². The van der Waals surface area contributed by atoms with E-state index in [0.717, 1.165) is 19.3 Å². The number of aromatic nitrogens is 1. The molecule has 0 N–H and O–H groups in total. The van der Waals surface area contributed by atoms with E-state index in [0.29, 0.717) is 6.42 Å². The summed E-state index contributed by atoms with van der Waals surface area (Å²) in [4.78, 5) is 13.9. The Morgan fingerprint density at radius 1 is 1.03 bits per heavy atom. The Balaban J connectivity index is 0. The Labute approximate surface area is 215 Å². The molecule has 0 unspecified atom stereocenters. The number of ketones is 1. The second-order valence-electron chi connectivity index (χ2n) is 8.35. The van der Waals surface area contributed by atoms with Gasteiger partial charge in [0, 0.05) is 29.2 Å². The Hall–Kier alpha value is -1.88. The molecule has 1 aromatic heterocycles. The third kappa shape index (κ3) is 18.5. The summed E-state index contributed by atoms with van der Waals surface area (Å²) < 4.78 is 26.2. The van der Waals surface area contributed by atoms with Gasteiger partial charge in [0.1, 0.15) is 0 Å². The molecule has 0 amide bonds. The van der Waals surface area contributed by atoms with Gasteiger partial charge in [-0.15, -0.1) is 0 Å². The lowest BCUT2D eigenvalue weighted by molar-refractivity contribution is -0.112. The van der Waals surface area contributed by atoms with Crippen molar-refractivity contribution >= 4 is 21.7 Å². The number of hydrogen-bond donors (Lipinski definition) is 0. The molecule has 0 aliphatic carbocycles. The van der Waals surface area contributed by atoms with Crippen molar-refractivity contribution in [1.82, 2.24) is 4.98 Å². The highest BCUT2D eigenvalue weighted by Gasteiger charge is 2.24. The van der Waals surface area contributed by atoms with Crippen LogP contribution in [0.25, 0.3) is 0 Å². The average molecular weight is 541 g/mol. The number of alkyl halides is 2. The monoisotopic (exact) mass is 539 g/mol. The van der Waals surface area contributed by atoms with Crippen LogP contribution in [0.3, 0.4) is 0 Å². The molecule has 0 saturated heterocycles. The molecule has 1 heterocycles. The maximum Gasteiger partial charge on any atom is 0.247 e. The quantitative estimate of drug-likeness (QED) is 0.258. The van der Waals surface area contributed by atoms with E-state index in [4.69, 9.17) is 0 Å². The highest BCUT2D eigenvalue weighted by Crippen LogP contribution is 2.24. The summed E-state index contributed by atoms with van der Waals surface area (Å²) in [6, 6.07) is 8.51. The van der Waals surface area contributed by atoms with Gasteiger partial charge in [-0.25, -0.2) is 8.78 Å². The van der Waals surface area contributed by atoms with Crippen LogP contribution < -0.4 is 0 Å². The molecule has 2 nitrogen and oxygen atoms in total. The fraction of sp³-hybridized carbons (Fsp3) is 0.517. The minimum Gasteiger partial charge on any atom is -0.295 e. The topological polar surface area (TPSA) is 30.0 Å². The lowest BCUT2D eigenvalue weighted by Gasteiger charge is -2.12. The number of nitrogens with zero attached hydrogens (tertiary/aromatic N) is 1. The Morgan fingerprint density at radius 3 is 1.97 bits per heavy atom. The van der Waals surface area contributed by atoms with E-state index < -0.39 is 5.92 Å². The fourth-order valence-corrected chi connectivity index (χ4v) is 2.90. The molecule has 2 rings (SSSR count). The molecule has 0 spiro atoms. The van der Waals surface area contributed by atoms with E-state index in [1.54, 1.807) is 0 Å². The zero-order chi connectivity index (χ0) is 26.7. The first-order valence-corrected chi connectivity index (χ1v) is 12.8. The van der Waals surface area contributed by atoms with Gasteiger partial charge >= 0.3 is 0 Å². The molecular weight excluding hydrogens is 496 g/mol. The second-order valence-corrected chi connectivity index (χ2v) is 9.20. The summed E-state index contributed by atoms with van der Waals surface area (Å²) in [6.07, 6.45) is 6.86. The number of benzene rings is 1. The van der Waals surface area contributed by atoms with Crippen LogP contribution in [-0.2, 0) is 11.2 Å². The van der Waals surface area contributed by atoms with Gasteiger partial charge in [0.05, 0.1) is 0 Å². The van der Waals surface area contributed by atoms with E-state index in [1.165, 1.54) is 52.3 Å². The van der Waals surface area contributed by atoms with Crippen LogP contribution in [-0.4, -0.2) is 16.7 Å². The van der Waals surface area contributed by atoms with Crippen LogP contribution >= 0.6 is 15.9 Å². The van der Waals surface area contributed by atoms with Crippen molar-refractivity contribution in [3.63, 3.8) is 0 Å². The minimum absolute atomic E-state index is 0.0171.